The SMILES string of the molecule is Oc1[nH]c2cc(F)ccc2c1C=Nc1ccc(N2CCC(c3ccccn3)C2)c(F)c1. The number of fused-ring (bicyclic) bond motifs is 1. The van der Waals surface area contributed by atoms with Crippen LogP contribution in [0.1, 0.15) is 23.6 Å². The molecule has 0 bridgehead atoms. The van der Waals surface area contributed by atoms with E-state index in [2.05, 4.69) is 15.0 Å². The Kier molecular flexibility index (Phi) is 4.86. The van der Waals surface area contributed by atoms with Crippen LogP contribution >= 0.6 is 0 Å². The van der Waals surface area contributed by atoms with Gasteiger partial charge in [0.15, 0.2) is 5.88 Å². The largest absolute Gasteiger partial charge is 0.494 e. The third-order valence-corrected chi connectivity index (χ3v) is 5.69. The first-order valence-electron chi connectivity index (χ1n) is 10.1. The summed E-state index contributed by atoms with van der Waals surface area (Å²) in [4.78, 5) is 13.5. The molecule has 4 aromatic rings. The normalized spacial score (nSPS) is 16.6. The van der Waals surface area contributed by atoms with Crippen LogP contribution in [0.3, 0.4) is 0 Å². The standard InChI is InChI=1S/C24H20F2N4O/c25-16-4-6-18-19(24(31)29-22(18)11-16)13-28-17-5-7-23(20(26)12-17)30-10-8-15(14-30)21-3-1-2-9-27-21/h1-7,9,11-13,15,29,31H,8,10,14H2. The van der Waals surface area contributed by atoms with Crippen molar-refractivity contribution < 1.29 is 13.9 Å². The van der Waals surface area contributed by atoms with Gasteiger partial charge in [0.1, 0.15) is 11.6 Å². The Morgan fingerprint density at radius 1 is 1.13 bits per heavy atom. The number of hydrogen-bond acceptors (Lipinski definition) is 4. The van der Waals surface area contributed by atoms with Crippen molar-refractivity contribution in [3.63, 3.8) is 0 Å². The lowest BCUT2D eigenvalue weighted by molar-refractivity contribution is 0.457. The van der Waals surface area contributed by atoms with Crippen molar-refractivity contribution in [1.29, 1.82) is 0 Å². The third kappa shape index (κ3) is 3.74. The van der Waals surface area contributed by atoms with Crippen LogP contribution in [0, 0.1) is 11.6 Å². The van der Waals surface area contributed by atoms with Gasteiger partial charge in [0.2, 0.25) is 0 Å². The molecular weight excluding hydrogens is 398 g/mol. The molecule has 7 heteroatoms. The van der Waals surface area contributed by atoms with Gasteiger partial charge in [0.25, 0.3) is 0 Å². The molecule has 5 rings (SSSR count). The van der Waals surface area contributed by atoms with Gasteiger partial charge in [-0.15, -0.1) is 0 Å². The van der Waals surface area contributed by atoms with E-state index in [1.165, 1.54) is 24.4 Å². The average Bonchev–Trinajstić information content (AvgIpc) is 3.37. The molecule has 31 heavy (non-hydrogen) atoms. The molecule has 2 aromatic carbocycles. The number of nitrogens with zero attached hydrogens (tertiary/aromatic N) is 3. The molecule has 5 nitrogen and oxygen atoms in total. The number of hydrogen-bond donors (Lipinski definition) is 2. The lowest BCUT2D eigenvalue weighted by Crippen LogP contribution is -2.20. The molecule has 3 heterocycles. The molecule has 1 fully saturated rings. The van der Waals surface area contributed by atoms with Crippen molar-refractivity contribution in [3.05, 3.63) is 83.7 Å². The molecule has 0 amide bonds. The van der Waals surface area contributed by atoms with Crippen molar-refractivity contribution in [2.24, 2.45) is 4.99 Å². The molecule has 1 saturated heterocycles. The van der Waals surface area contributed by atoms with Crippen molar-refractivity contribution in [3.8, 4) is 5.88 Å². The first-order chi connectivity index (χ1) is 15.1. The summed E-state index contributed by atoms with van der Waals surface area (Å²) in [5, 5.41) is 10.7. The van der Waals surface area contributed by atoms with Crippen LogP contribution in [0.2, 0.25) is 0 Å². The average molecular weight is 418 g/mol. The smallest absolute Gasteiger partial charge is 0.198 e. The van der Waals surface area contributed by atoms with Crippen molar-refractivity contribution in [2.75, 3.05) is 18.0 Å². The second-order valence-corrected chi connectivity index (χ2v) is 7.66. The number of aliphatic imine (C=N–C) groups is 1. The Morgan fingerprint density at radius 3 is 2.84 bits per heavy atom. The van der Waals surface area contributed by atoms with Crippen molar-refractivity contribution >= 4 is 28.5 Å². The summed E-state index contributed by atoms with van der Waals surface area (Å²) < 4.78 is 28.2. The second kappa shape index (κ2) is 7.83. The number of aromatic amines is 1. The minimum atomic E-state index is -0.401. The van der Waals surface area contributed by atoms with Crippen LogP contribution < -0.4 is 4.90 Å². The van der Waals surface area contributed by atoms with E-state index in [4.69, 9.17) is 0 Å². The highest BCUT2D eigenvalue weighted by Gasteiger charge is 2.26. The molecule has 1 aliphatic rings. The summed E-state index contributed by atoms with van der Waals surface area (Å²) in [5.41, 5.74) is 2.90. The van der Waals surface area contributed by atoms with Gasteiger partial charge in [-0.25, -0.2) is 8.78 Å². The van der Waals surface area contributed by atoms with E-state index < -0.39 is 5.82 Å². The van der Waals surface area contributed by atoms with Crippen LogP contribution in [0.4, 0.5) is 20.2 Å². The molecule has 0 radical (unpaired) electrons. The summed E-state index contributed by atoms with van der Waals surface area (Å²) in [6.07, 6.45) is 4.16. The number of pyridine rings is 1. The summed E-state index contributed by atoms with van der Waals surface area (Å²) in [6.45, 7) is 1.48. The monoisotopic (exact) mass is 418 g/mol. The maximum absolute atomic E-state index is 14.8. The molecular formula is C24H20F2N4O. The first-order valence-corrected chi connectivity index (χ1v) is 10.1. The molecule has 2 aromatic heterocycles. The molecule has 1 aliphatic heterocycles. The predicted octanol–water partition coefficient (Wildman–Crippen LogP) is 5.29. The third-order valence-electron chi connectivity index (χ3n) is 5.69. The summed E-state index contributed by atoms with van der Waals surface area (Å²) in [6, 6.07) is 14.9. The van der Waals surface area contributed by atoms with Gasteiger partial charge in [0.05, 0.1) is 22.5 Å². The lowest BCUT2D eigenvalue weighted by atomic mass is 10.0. The van der Waals surface area contributed by atoms with E-state index in [1.54, 1.807) is 24.4 Å². The number of benzene rings is 2. The number of aromatic nitrogens is 2. The maximum Gasteiger partial charge on any atom is 0.198 e. The van der Waals surface area contributed by atoms with Crippen LogP contribution in [-0.2, 0) is 0 Å². The Bertz CT molecular complexity index is 1270. The predicted molar refractivity (Wildman–Crippen MR) is 117 cm³/mol. The zero-order chi connectivity index (χ0) is 21.4. The Morgan fingerprint density at radius 2 is 2.03 bits per heavy atom. The molecule has 0 saturated carbocycles. The van der Waals surface area contributed by atoms with Gasteiger partial charge in [-0.3, -0.25) is 9.98 Å². The Labute approximate surface area is 177 Å². The van der Waals surface area contributed by atoms with E-state index in [9.17, 15) is 13.9 Å². The highest BCUT2D eigenvalue weighted by Crippen LogP contribution is 2.33. The van der Waals surface area contributed by atoms with Crippen LogP contribution in [0.15, 0.2) is 65.8 Å². The van der Waals surface area contributed by atoms with Crippen molar-refractivity contribution in [2.45, 2.75) is 12.3 Å². The molecule has 2 N–H and O–H groups in total. The molecule has 1 unspecified atom stereocenters. The maximum atomic E-state index is 14.8. The zero-order valence-electron chi connectivity index (χ0n) is 16.6. The van der Waals surface area contributed by atoms with Crippen LogP contribution in [-0.4, -0.2) is 34.4 Å². The number of H-pyrrole nitrogens is 1. The van der Waals surface area contributed by atoms with Crippen LogP contribution in [0.25, 0.3) is 10.9 Å². The minimum absolute atomic E-state index is 0.112. The highest BCUT2D eigenvalue weighted by molar-refractivity contribution is 6.02. The topological polar surface area (TPSA) is 64.5 Å². The molecule has 0 spiro atoms. The van der Waals surface area contributed by atoms with Gasteiger partial charge >= 0.3 is 0 Å². The number of rotatable bonds is 4. The highest BCUT2D eigenvalue weighted by atomic mass is 19.1. The van der Waals surface area contributed by atoms with E-state index in [0.717, 1.165) is 25.2 Å². The van der Waals surface area contributed by atoms with Gasteiger partial charge in [0, 0.05) is 48.6 Å². The Hall–Kier alpha value is -3.74. The van der Waals surface area contributed by atoms with E-state index in [-0.39, 0.29) is 17.6 Å². The van der Waals surface area contributed by atoms with Crippen molar-refractivity contribution in [1.82, 2.24) is 9.97 Å². The van der Waals surface area contributed by atoms with Gasteiger partial charge in [-0.2, -0.15) is 0 Å². The van der Waals surface area contributed by atoms with Gasteiger partial charge in [-0.1, -0.05) is 6.07 Å². The first kappa shape index (κ1) is 19.2. The molecule has 1 atom stereocenters. The molecule has 0 aliphatic carbocycles. The van der Waals surface area contributed by atoms with Gasteiger partial charge in [-0.05, 0) is 48.9 Å². The van der Waals surface area contributed by atoms with Crippen LogP contribution in [0.5, 0.6) is 5.88 Å². The fourth-order valence-corrected chi connectivity index (χ4v) is 4.12. The summed E-state index contributed by atoms with van der Waals surface area (Å²) >= 11 is 0. The Balaban J connectivity index is 1.35. The fraction of sp³-hybridized carbons (Fsp3) is 0.167. The molecule has 156 valence electrons. The second-order valence-electron chi connectivity index (χ2n) is 7.66. The summed E-state index contributed by atoms with van der Waals surface area (Å²) in [7, 11) is 0. The fourth-order valence-electron chi connectivity index (χ4n) is 4.12. The minimum Gasteiger partial charge on any atom is -0.494 e. The van der Waals surface area contributed by atoms with E-state index in [0.29, 0.717) is 27.8 Å². The number of anilines is 1. The quantitative estimate of drug-likeness (QED) is 0.443. The number of aromatic hydroxyl groups is 1. The number of halogens is 2. The number of nitrogens with one attached hydrogen (secondary N) is 1. The zero-order valence-corrected chi connectivity index (χ0v) is 16.6. The van der Waals surface area contributed by atoms with Gasteiger partial charge < -0.3 is 15.0 Å². The lowest BCUT2D eigenvalue weighted by Gasteiger charge is -2.19. The van der Waals surface area contributed by atoms with E-state index >= 15 is 0 Å². The van der Waals surface area contributed by atoms with E-state index in [1.807, 2.05) is 23.1 Å². The summed E-state index contributed by atoms with van der Waals surface area (Å²) in [5.74, 6) is -0.573.